The normalized spacial score (nSPS) is 21.6. The molecule has 1 nitrogen and oxygen atoms in total. The van der Waals surface area contributed by atoms with Crippen LogP contribution in [0.2, 0.25) is 0 Å². The summed E-state index contributed by atoms with van der Waals surface area (Å²) in [5, 5.41) is 0. The molecule has 0 unspecified atom stereocenters. The van der Waals surface area contributed by atoms with Crippen molar-refractivity contribution in [2.24, 2.45) is 11.1 Å². The molecule has 1 aliphatic rings. The summed E-state index contributed by atoms with van der Waals surface area (Å²) < 4.78 is 86.2. The number of nitrogens with two attached hydrogens (primary N) is 1. The third-order valence-electron chi connectivity index (χ3n) is 2.66. The van der Waals surface area contributed by atoms with E-state index in [1.54, 1.807) is 0 Å². The summed E-state index contributed by atoms with van der Waals surface area (Å²) in [7, 11) is 0. The van der Waals surface area contributed by atoms with E-state index in [2.05, 4.69) is 0 Å². The van der Waals surface area contributed by atoms with Crippen LogP contribution in [0.15, 0.2) is 0 Å². The first-order valence-corrected chi connectivity index (χ1v) is 4.04. The molecule has 0 radical (unpaired) electrons. The second-order valence-corrected chi connectivity index (χ2v) is 3.63. The van der Waals surface area contributed by atoms with Gasteiger partial charge in [0, 0.05) is 6.54 Å². The van der Waals surface area contributed by atoms with Crippen LogP contribution >= 0.6 is 0 Å². The van der Waals surface area contributed by atoms with Crippen LogP contribution in [0, 0.1) is 5.41 Å². The van der Waals surface area contributed by atoms with Gasteiger partial charge in [0.15, 0.2) is 0 Å². The molecule has 0 bridgehead atoms. The monoisotopic (exact) mass is 239 g/mol. The Hall–Kier alpha value is -0.530. The second kappa shape index (κ2) is 2.99. The molecule has 15 heavy (non-hydrogen) atoms. The van der Waals surface area contributed by atoms with E-state index in [-0.39, 0.29) is 0 Å². The van der Waals surface area contributed by atoms with Crippen molar-refractivity contribution in [3.63, 3.8) is 0 Å². The zero-order chi connectivity index (χ0) is 12.1. The molecule has 1 aliphatic carbocycles. The lowest BCUT2D eigenvalue weighted by Gasteiger charge is -2.33. The fourth-order valence-corrected chi connectivity index (χ4v) is 1.31. The summed E-state index contributed by atoms with van der Waals surface area (Å²) in [6.07, 6.45) is -7.09. The minimum absolute atomic E-state index is 0.415. The Balaban J connectivity index is 3.05. The van der Waals surface area contributed by atoms with E-state index in [0.29, 0.717) is 0 Å². The molecule has 0 heterocycles. The summed E-state index contributed by atoms with van der Waals surface area (Å²) in [6, 6.07) is 0. The Labute approximate surface area is 80.4 Å². The molecule has 1 rings (SSSR count). The van der Waals surface area contributed by atoms with Crippen LogP contribution in [-0.4, -0.2) is 24.6 Å². The predicted octanol–water partition coefficient (Wildman–Crippen LogP) is 2.56. The van der Waals surface area contributed by atoms with E-state index < -0.39 is 42.8 Å². The fraction of sp³-hybridized carbons (Fsp3) is 1.00. The van der Waals surface area contributed by atoms with E-state index in [0.717, 1.165) is 0 Å². The summed E-state index contributed by atoms with van der Waals surface area (Å²) in [5.74, 6) is -11.2. The Morgan fingerprint density at radius 2 is 1.33 bits per heavy atom. The van der Waals surface area contributed by atoms with Crippen LogP contribution in [0.1, 0.15) is 12.8 Å². The minimum Gasteiger partial charge on any atom is -0.330 e. The molecule has 8 heteroatoms. The van der Waals surface area contributed by atoms with Gasteiger partial charge in [-0.25, -0.2) is 0 Å². The largest absolute Gasteiger partial charge is 0.459 e. The molecule has 0 amide bonds. The Bertz CT molecular complexity index is 253. The van der Waals surface area contributed by atoms with Crippen molar-refractivity contribution in [3.05, 3.63) is 0 Å². The lowest BCUT2D eigenvalue weighted by Crippen LogP contribution is -2.58. The molecule has 0 saturated heterocycles. The van der Waals surface area contributed by atoms with E-state index >= 15 is 0 Å². The highest BCUT2D eigenvalue weighted by molar-refractivity contribution is 5.11. The zero-order valence-corrected chi connectivity index (χ0v) is 7.34. The molecular weight excluding hydrogens is 231 g/mol. The summed E-state index contributed by atoms with van der Waals surface area (Å²) in [6.45, 7) is -0.883. The summed E-state index contributed by atoms with van der Waals surface area (Å²) in [5.41, 5.74) is 2.42. The summed E-state index contributed by atoms with van der Waals surface area (Å²) in [4.78, 5) is 0. The van der Waals surface area contributed by atoms with Crippen molar-refractivity contribution in [2.75, 3.05) is 6.54 Å². The van der Waals surface area contributed by atoms with E-state index in [9.17, 15) is 30.7 Å². The maximum Gasteiger partial charge on any atom is 0.459 e. The van der Waals surface area contributed by atoms with Gasteiger partial charge < -0.3 is 5.73 Å². The second-order valence-electron chi connectivity index (χ2n) is 3.63. The van der Waals surface area contributed by atoms with Gasteiger partial charge in [-0.1, -0.05) is 0 Å². The molecule has 0 atom stereocenters. The summed E-state index contributed by atoms with van der Waals surface area (Å²) >= 11 is 0. The van der Waals surface area contributed by atoms with E-state index in [4.69, 9.17) is 5.73 Å². The van der Waals surface area contributed by atoms with E-state index in [1.807, 2.05) is 0 Å². The number of hydrogen-bond donors (Lipinski definition) is 1. The molecule has 1 saturated carbocycles. The van der Waals surface area contributed by atoms with Crippen LogP contribution in [0.25, 0.3) is 0 Å². The van der Waals surface area contributed by atoms with Crippen molar-refractivity contribution in [3.8, 4) is 0 Å². The van der Waals surface area contributed by atoms with Gasteiger partial charge in [0.1, 0.15) is 0 Å². The molecular formula is C7H8F7N. The third-order valence-corrected chi connectivity index (χ3v) is 2.66. The Morgan fingerprint density at radius 3 is 1.53 bits per heavy atom. The molecule has 0 spiro atoms. The molecule has 90 valence electrons. The van der Waals surface area contributed by atoms with Crippen LogP contribution in [0.4, 0.5) is 30.7 Å². The van der Waals surface area contributed by atoms with Gasteiger partial charge in [0.05, 0.1) is 5.41 Å². The third kappa shape index (κ3) is 1.49. The SMILES string of the molecule is NCC1(C(F)(F)C(F)(F)C(F)(F)F)CC1. The Morgan fingerprint density at radius 1 is 0.933 bits per heavy atom. The van der Waals surface area contributed by atoms with Crippen molar-refractivity contribution in [2.45, 2.75) is 30.9 Å². The van der Waals surface area contributed by atoms with Gasteiger partial charge in [-0.3, -0.25) is 0 Å². The smallest absolute Gasteiger partial charge is 0.330 e. The predicted molar refractivity (Wildman–Crippen MR) is 36.7 cm³/mol. The van der Waals surface area contributed by atoms with E-state index in [1.165, 1.54) is 0 Å². The number of halogens is 7. The van der Waals surface area contributed by atoms with Crippen LogP contribution in [0.5, 0.6) is 0 Å². The number of alkyl halides is 7. The van der Waals surface area contributed by atoms with Gasteiger partial charge >= 0.3 is 18.0 Å². The van der Waals surface area contributed by atoms with Crippen molar-refractivity contribution < 1.29 is 30.7 Å². The van der Waals surface area contributed by atoms with Crippen molar-refractivity contribution >= 4 is 0 Å². The molecule has 1 fully saturated rings. The first-order chi connectivity index (χ1) is 6.52. The van der Waals surface area contributed by atoms with Crippen molar-refractivity contribution in [1.82, 2.24) is 0 Å². The zero-order valence-electron chi connectivity index (χ0n) is 7.34. The molecule has 0 aromatic rings. The molecule has 0 aromatic heterocycles. The van der Waals surface area contributed by atoms with Crippen LogP contribution in [-0.2, 0) is 0 Å². The van der Waals surface area contributed by atoms with Gasteiger partial charge in [-0.15, -0.1) is 0 Å². The van der Waals surface area contributed by atoms with Gasteiger partial charge in [-0.05, 0) is 12.8 Å². The van der Waals surface area contributed by atoms with Gasteiger partial charge in [0.25, 0.3) is 0 Å². The quantitative estimate of drug-likeness (QED) is 0.752. The highest BCUT2D eigenvalue weighted by Gasteiger charge is 2.81. The standard InChI is InChI=1S/C7H8F7N/c8-5(9,4(3-15)1-2-4)6(10,11)7(12,13)14/h1-3,15H2. The van der Waals surface area contributed by atoms with Gasteiger partial charge in [-0.2, -0.15) is 30.7 Å². The molecule has 0 aromatic carbocycles. The Kier molecular flexibility index (Phi) is 2.50. The first-order valence-electron chi connectivity index (χ1n) is 4.04. The number of hydrogen-bond acceptors (Lipinski definition) is 1. The molecule has 0 aliphatic heterocycles. The maximum atomic E-state index is 13.0. The highest BCUT2D eigenvalue weighted by atomic mass is 19.4. The fourth-order valence-electron chi connectivity index (χ4n) is 1.31. The van der Waals surface area contributed by atoms with Crippen LogP contribution in [0.3, 0.4) is 0 Å². The molecule has 2 N–H and O–H groups in total. The first kappa shape index (κ1) is 12.5. The van der Waals surface area contributed by atoms with Gasteiger partial charge in [0.2, 0.25) is 0 Å². The highest BCUT2D eigenvalue weighted by Crippen LogP contribution is 2.64. The topological polar surface area (TPSA) is 26.0 Å². The minimum atomic E-state index is -6.26. The van der Waals surface area contributed by atoms with Crippen molar-refractivity contribution in [1.29, 1.82) is 0 Å². The average Bonchev–Trinajstić information content (AvgIpc) is 2.81. The lowest BCUT2D eigenvalue weighted by atomic mass is 9.92. The van der Waals surface area contributed by atoms with Crippen LogP contribution < -0.4 is 5.73 Å². The maximum absolute atomic E-state index is 13.0. The average molecular weight is 239 g/mol. The number of rotatable bonds is 3. The lowest BCUT2D eigenvalue weighted by molar-refractivity contribution is -0.369.